The molecular weight excluding hydrogens is 248 g/mol. The minimum absolute atomic E-state index is 0.215. The number of hydrogen-bond donors (Lipinski definition) is 1. The lowest BCUT2D eigenvalue weighted by Gasteiger charge is -2.19. The summed E-state index contributed by atoms with van der Waals surface area (Å²) >= 11 is 0. The van der Waals surface area contributed by atoms with Gasteiger partial charge in [-0.05, 0) is 27.7 Å². The number of aromatic nitrogens is 2. The maximum absolute atomic E-state index is 11.5. The van der Waals surface area contributed by atoms with Crippen LogP contribution in [-0.4, -0.2) is 21.1 Å². The molecule has 0 atom stereocenters. The summed E-state index contributed by atoms with van der Waals surface area (Å²) in [4.78, 5) is 36.1. The number of nitrogens with one attached hydrogen (secondary N) is 1. The summed E-state index contributed by atoms with van der Waals surface area (Å²) < 4.78 is 6.19. The van der Waals surface area contributed by atoms with Gasteiger partial charge in [0, 0.05) is 11.8 Å². The van der Waals surface area contributed by atoms with E-state index in [2.05, 4.69) is 4.98 Å². The van der Waals surface area contributed by atoms with E-state index in [0.717, 1.165) is 4.57 Å². The quantitative estimate of drug-likeness (QED) is 0.819. The van der Waals surface area contributed by atoms with E-state index in [9.17, 15) is 14.4 Å². The Hall–Kier alpha value is -1.85. The van der Waals surface area contributed by atoms with Crippen LogP contribution in [0.5, 0.6) is 0 Å². The van der Waals surface area contributed by atoms with E-state index >= 15 is 0 Å². The number of carbonyl (C=O) groups is 1. The Balaban J connectivity index is 0.00000154. The standard InChI is InChI=1S/C11H16N2O4.C2H6/c1-7-5-13(10(16)12-9(7)15)6-8(14)17-11(2,3)4;1-2/h5H,6H2,1-4H3,(H,12,15,16);1-2H3. The molecule has 0 amide bonds. The number of nitrogens with zero attached hydrogens (tertiary/aromatic N) is 1. The Morgan fingerprint density at radius 1 is 1.32 bits per heavy atom. The second-order valence-corrected chi connectivity index (χ2v) is 4.79. The molecule has 1 heterocycles. The molecule has 6 nitrogen and oxygen atoms in total. The Kier molecular flexibility index (Phi) is 6.24. The van der Waals surface area contributed by atoms with Gasteiger partial charge in [0.25, 0.3) is 5.56 Å². The van der Waals surface area contributed by atoms with Gasteiger partial charge in [-0.1, -0.05) is 13.8 Å². The highest BCUT2D eigenvalue weighted by Gasteiger charge is 2.17. The van der Waals surface area contributed by atoms with Crippen LogP contribution in [0.2, 0.25) is 0 Å². The van der Waals surface area contributed by atoms with Crippen LogP contribution in [-0.2, 0) is 16.1 Å². The molecule has 0 aromatic carbocycles. The highest BCUT2D eigenvalue weighted by Crippen LogP contribution is 2.07. The molecule has 0 saturated heterocycles. The van der Waals surface area contributed by atoms with Crippen molar-refractivity contribution in [3.05, 3.63) is 32.6 Å². The van der Waals surface area contributed by atoms with E-state index in [-0.39, 0.29) is 6.54 Å². The fourth-order valence-corrected chi connectivity index (χ4v) is 1.25. The number of H-pyrrole nitrogens is 1. The lowest BCUT2D eigenvalue weighted by atomic mass is 10.2. The number of aryl methyl sites for hydroxylation is 1. The van der Waals surface area contributed by atoms with Gasteiger partial charge < -0.3 is 4.74 Å². The third-order valence-electron chi connectivity index (χ3n) is 1.91. The molecule has 0 radical (unpaired) electrons. The van der Waals surface area contributed by atoms with E-state index in [1.807, 2.05) is 13.8 Å². The van der Waals surface area contributed by atoms with E-state index in [1.54, 1.807) is 27.7 Å². The zero-order valence-electron chi connectivity index (χ0n) is 12.4. The van der Waals surface area contributed by atoms with Crippen molar-refractivity contribution in [2.24, 2.45) is 0 Å². The number of ether oxygens (including phenoxy) is 1. The second kappa shape index (κ2) is 6.92. The normalized spacial score (nSPS) is 10.4. The average molecular weight is 270 g/mol. The summed E-state index contributed by atoms with van der Waals surface area (Å²) in [5, 5.41) is 0. The molecule has 108 valence electrons. The van der Waals surface area contributed by atoms with E-state index < -0.39 is 22.8 Å². The number of hydrogen-bond acceptors (Lipinski definition) is 4. The van der Waals surface area contributed by atoms with Crippen LogP contribution in [0, 0.1) is 6.92 Å². The summed E-state index contributed by atoms with van der Waals surface area (Å²) in [7, 11) is 0. The molecule has 0 unspecified atom stereocenters. The Bertz CT molecular complexity index is 535. The van der Waals surface area contributed by atoms with E-state index in [1.165, 1.54) is 6.20 Å². The van der Waals surface area contributed by atoms with Gasteiger partial charge in [0.05, 0.1) is 0 Å². The van der Waals surface area contributed by atoms with Gasteiger partial charge in [0.1, 0.15) is 12.1 Å². The number of carbonyl (C=O) groups excluding carboxylic acids is 1. The second-order valence-electron chi connectivity index (χ2n) is 4.79. The van der Waals surface area contributed by atoms with Gasteiger partial charge >= 0.3 is 11.7 Å². The van der Waals surface area contributed by atoms with Crippen molar-refractivity contribution < 1.29 is 9.53 Å². The van der Waals surface area contributed by atoms with Crippen LogP contribution in [0.25, 0.3) is 0 Å². The monoisotopic (exact) mass is 270 g/mol. The van der Waals surface area contributed by atoms with Crippen molar-refractivity contribution in [1.29, 1.82) is 0 Å². The molecule has 0 aliphatic rings. The summed E-state index contributed by atoms with van der Waals surface area (Å²) in [5.41, 5.74) is -1.30. The SMILES string of the molecule is CC.Cc1cn(CC(=O)OC(C)(C)C)c(=O)[nH]c1=O. The highest BCUT2D eigenvalue weighted by molar-refractivity contribution is 5.69. The summed E-state index contributed by atoms with van der Waals surface area (Å²) in [6, 6.07) is 0. The van der Waals surface area contributed by atoms with Crippen LogP contribution >= 0.6 is 0 Å². The van der Waals surface area contributed by atoms with Crippen molar-refractivity contribution in [3.8, 4) is 0 Å². The van der Waals surface area contributed by atoms with Gasteiger partial charge in [0.2, 0.25) is 0 Å². The fourth-order valence-electron chi connectivity index (χ4n) is 1.25. The van der Waals surface area contributed by atoms with E-state index in [4.69, 9.17) is 4.74 Å². The molecule has 0 fully saturated rings. The maximum atomic E-state index is 11.5. The van der Waals surface area contributed by atoms with Gasteiger partial charge in [-0.15, -0.1) is 0 Å². The van der Waals surface area contributed by atoms with Crippen molar-refractivity contribution in [2.75, 3.05) is 0 Å². The van der Waals surface area contributed by atoms with Crippen molar-refractivity contribution in [1.82, 2.24) is 9.55 Å². The zero-order chi connectivity index (χ0) is 15.2. The molecule has 1 N–H and O–H groups in total. The molecule has 1 rings (SSSR count). The first-order chi connectivity index (χ1) is 8.69. The minimum Gasteiger partial charge on any atom is -0.459 e. The molecular formula is C13H22N2O4. The van der Waals surface area contributed by atoms with Gasteiger partial charge in [-0.2, -0.15) is 0 Å². The van der Waals surface area contributed by atoms with Crippen molar-refractivity contribution in [3.63, 3.8) is 0 Å². The lowest BCUT2D eigenvalue weighted by molar-refractivity contribution is -0.155. The third kappa shape index (κ3) is 6.03. The maximum Gasteiger partial charge on any atom is 0.328 e. The number of rotatable bonds is 2. The molecule has 0 spiro atoms. The Labute approximate surface area is 112 Å². The molecule has 1 aromatic rings. The van der Waals surface area contributed by atoms with Crippen LogP contribution in [0.3, 0.4) is 0 Å². The largest absolute Gasteiger partial charge is 0.459 e. The summed E-state index contributed by atoms with van der Waals surface area (Å²) in [6.45, 7) is 10.6. The number of aromatic amines is 1. The Morgan fingerprint density at radius 2 is 1.84 bits per heavy atom. The van der Waals surface area contributed by atoms with E-state index in [0.29, 0.717) is 5.56 Å². The topological polar surface area (TPSA) is 81.2 Å². The van der Waals surface area contributed by atoms with Gasteiger partial charge in [0.15, 0.2) is 0 Å². The molecule has 0 saturated carbocycles. The molecule has 0 bridgehead atoms. The van der Waals surface area contributed by atoms with Crippen LogP contribution in [0.15, 0.2) is 15.8 Å². The summed E-state index contributed by atoms with van der Waals surface area (Å²) in [6.07, 6.45) is 1.34. The van der Waals surface area contributed by atoms with Crippen LogP contribution in [0.1, 0.15) is 40.2 Å². The minimum atomic E-state index is -0.619. The summed E-state index contributed by atoms with van der Waals surface area (Å²) in [5.74, 6) is -0.522. The first-order valence-corrected chi connectivity index (χ1v) is 6.21. The molecule has 1 aromatic heterocycles. The van der Waals surface area contributed by atoms with Crippen molar-refractivity contribution >= 4 is 5.97 Å². The zero-order valence-corrected chi connectivity index (χ0v) is 12.4. The lowest BCUT2D eigenvalue weighted by Crippen LogP contribution is -2.35. The average Bonchev–Trinajstić information content (AvgIpc) is 2.26. The van der Waals surface area contributed by atoms with Gasteiger partial charge in [-0.25, -0.2) is 4.79 Å². The fraction of sp³-hybridized carbons (Fsp3) is 0.615. The third-order valence-corrected chi connectivity index (χ3v) is 1.91. The highest BCUT2D eigenvalue weighted by atomic mass is 16.6. The van der Waals surface area contributed by atoms with Crippen molar-refractivity contribution in [2.45, 2.75) is 53.7 Å². The van der Waals surface area contributed by atoms with Crippen LogP contribution < -0.4 is 11.2 Å². The predicted molar refractivity (Wildman–Crippen MR) is 73.3 cm³/mol. The number of esters is 1. The smallest absolute Gasteiger partial charge is 0.328 e. The molecule has 6 heteroatoms. The molecule has 0 aliphatic carbocycles. The first-order valence-electron chi connectivity index (χ1n) is 6.21. The molecule has 19 heavy (non-hydrogen) atoms. The Morgan fingerprint density at radius 3 is 2.32 bits per heavy atom. The predicted octanol–water partition coefficient (Wildman–Crippen LogP) is 1.21. The molecule has 0 aliphatic heterocycles. The first kappa shape index (κ1) is 17.2. The van der Waals surface area contributed by atoms with Crippen LogP contribution in [0.4, 0.5) is 0 Å². The van der Waals surface area contributed by atoms with Gasteiger partial charge in [-0.3, -0.25) is 19.1 Å².